The molecule has 7 heteroatoms. The van der Waals surface area contributed by atoms with E-state index in [2.05, 4.69) is 9.71 Å². The van der Waals surface area contributed by atoms with Crippen LogP contribution in [0.4, 0.5) is 0 Å². The number of rotatable bonds is 5. The highest BCUT2D eigenvalue weighted by Gasteiger charge is 2.23. The van der Waals surface area contributed by atoms with E-state index in [1.165, 1.54) is 12.5 Å². The van der Waals surface area contributed by atoms with Gasteiger partial charge < -0.3 is 4.57 Å². The number of carbonyl (C=O) groups excluding carboxylic acids is 1. The van der Waals surface area contributed by atoms with E-state index in [-0.39, 0.29) is 0 Å². The van der Waals surface area contributed by atoms with Crippen LogP contribution < -0.4 is 4.72 Å². The van der Waals surface area contributed by atoms with Gasteiger partial charge in [0.1, 0.15) is 5.69 Å². The molecule has 0 saturated heterocycles. The highest BCUT2D eigenvalue weighted by atomic mass is 32.2. The Bertz CT molecular complexity index is 476. The molecule has 6 nitrogen and oxygen atoms in total. The number of aromatic nitrogens is 2. The van der Waals surface area contributed by atoms with Crippen molar-refractivity contribution < 1.29 is 13.2 Å². The molecular formula is C9H15N3O3S. The lowest BCUT2D eigenvalue weighted by Gasteiger charge is -2.25. The Morgan fingerprint density at radius 3 is 2.69 bits per heavy atom. The molecule has 0 aliphatic carbocycles. The third-order valence-corrected chi connectivity index (χ3v) is 2.82. The number of nitrogens with zero attached hydrogens (tertiary/aromatic N) is 2. The summed E-state index contributed by atoms with van der Waals surface area (Å²) in [6, 6.07) is 0. The first kappa shape index (κ1) is 12.9. The molecule has 90 valence electrons. The number of hydrogen-bond donors (Lipinski definition) is 1. The van der Waals surface area contributed by atoms with Gasteiger partial charge in [-0.25, -0.2) is 18.1 Å². The van der Waals surface area contributed by atoms with Crippen LogP contribution in [0.5, 0.6) is 0 Å². The third kappa shape index (κ3) is 3.74. The summed E-state index contributed by atoms with van der Waals surface area (Å²) in [7, 11) is -3.28. The maximum Gasteiger partial charge on any atom is 0.209 e. The minimum Gasteiger partial charge on any atom is -0.327 e. The van der Waals surface area contributed by atoms with Crippen molar-refractivity contribution >= 4 is 16.3 Å². The van der Waals surface area contributed by atoms with Crippen molar-refractivity contribution in [1.29, 1.82) is 0 Å². The minimum atomic E-state index is -3.28. The third-order valence-electron chi connectivity index (χ3n) is 1.89. The standard InChI is InChI=1S/C9H15N3O3S/c1-9(2,11-16(3,14)15)6-12-7-10-4-8(12)5-13/h4-5,7,11H,6H2,1-3H3. The molecule has 0 amide bonds. The Balaban J connectivity index is 2.84. The zero-order valence-electron chi connectivity index (χ0n) is 9.47. The number of imidazole rings is 1. The van der Waals surface area contributed by atoms with E-state index in [4.69, 9.17) is 0 Å². The van der Waals surface area contributed by atoms with E-state index >= 15 is 0 Å². The maximum absolute atomic E-state index is 11.1. The zero-order valence-corrected chi connectivity index (χ0v) is 10.3. The minimum absolute atomic E-state index is 0.341. The van der Waals surface area contributed by atoms with Crippen LogP contribution in [-0.4, -0.2) is 36.0 Å². The summed E-state index contributed by atoms with van der Waals surface area (Å²) < 4.78 is 26.3. The molecule has 1 rings (SSSR count). The van der Waals surface area contributed by atoms with Crippen LogP contribution in [0.2, 0.25) is 0 Å². The number of hydrogen-bond acceptors (Lipinski definition) is 4. The molecule has 0 atom stereocenters. The summed E-state index contributed by atoms with van der Waals surface area (Å²) in [4.78, 5) is 14.5. The molecule has 1 N–H and O–H groups in total. The van der Waals surface area contributed by atoms with Gasteiger partial charge in [-0.3, -0.25) is 4.79 Å². The first-order valence-corrected chi connectivity index (χ1v) is 6.57. The summed E-state index contributed by atoms with van der Waals surface area (Å²) in [6.07, 6.45) is 4.71. The van der Waals surface area contributed by atoms with E-state index in [1.54, 1.807) is 18.4 Å². The molecule has 1 heterocycles. The van der Waals surface area contributed by atoms with Gasteiger partial charge in [-0.15, -0.1) is 0 Å². The summed E-state index contributed by atoms with van der Waals surface area (Å²) in [5.41, 5.74) is -0.255. The average molecular weight is 245 g/mol. The van der Waals surface area contributed by atoms with Gasteiger partial charge in [-0.05, 0) is 13.8 Å². The molecule has 0 spiro atoms. The van der Waals surface area contributed by atoms with Crippen LogP contribution in [0.15, 0.2) is 12.5 Å². The van der Waals surface area contributed by atoms with Crippen LogP contribution >= 0.6 is 0 Å². The second kappa shape index (κ2) is 4.34. The summed E-state index contributed by atoms with van der Waals surface area (Å²) in [5.74, 6) is 0. The van der Waals surface area contributed by atoms with Gasteiger partial charge in [-0.2, -0.15) is 0 Å². The Morgan fingerprint density at radius 1 is 1.56 bits per heavy atom. The molecule has 0 radical (unpaired) electrons. The molecule has 0 aliphatic rings. The monoisotopic (exact) mass is 245 g/mol. The van der Waals surface area contributed by atoms with Crippen molar-refractivity contribution in [3.05, 3.63) is 18.2 Å². The van der Waals surface area contributed by atoms with Gasteiger partial charge >= 0.3 is 0 Å². The van der Waals surface area contributed by atoms with E-state index in [0.29, 0.717) is 18.5 Å². The predicted molar refractivity (Wildman–Crippen MR) is 59.7 cm³/mol. The fourth-order valence-electron chi connectivity index (χ4n) is 1.52. The van der Waals surface area contributed by atoms with Crippen LogP contribution in [0.25, 0.3) is 0 Å². The lowest BCUT2D eigenvalue weighted by atomic mass is 10.1. The zero-order chi connectivity index (χ0) is 12.4. The van der Waals surface area contributed by atoms with Crippen LogP contribution in [0.1, 0.15) is 24.3 Å². The fourth-order valence-corrected chi connectivity index (χ4v) is 2.59. The highest BCUT2D eigenvalue weighted by Crippen LogP contribution is 2.09. The first-order valence-electron chi connectivity index (χ1n) is 4.68. The van der Waals surface area contributed by atoms with Gasteiger partial charge in [0.05, 0.1) is 18.8 Å². The van der Waals surface area contributed by atoms with Crippen LogP contribution in [0, 0.1) is 0 Å². The summed E-state index contributed by atoms with van der Waals surface area (Å²) in [5, 5.41) is 0. The SMILES string of the molecule is CC(C)(Cn1cncc1C=O)NS(C)(=O)=O. The lowest BCUT2D eigenvalue weighted by molar-refractivity contribution is 0.111. The average Bonchev–Trinajstić information content (AvgIpc) is 2.45. The van der Waals surface area contributed by atoms with Crippen molar-refractivity contribution in [2.24, 2.45) is 0 Å². The van der Waals surface area contributed by atoms with E-state index < -0.39 is 15.6 Å². The van der Waals surface area contributed by atoms with E-state index in [1.807, 2.05) is 0 Å². The van der Waals surface area contributed by atoms with Crippen molar-refractivity contribution in [3.8, 4) is 0 Å². The molecule has 0 aromatic carbocycles. The summed E-state index contributed by atoms with van der Waals surface area (Å²) in [6.45, 7) is 3.82. The smallest absolute Gasteiger partial charge is 0.209 e. The van der Waals surface area contributed by atoms with Crippen molar-refractivity contribution in [2.75, 3.05) is 6.26 Å². The molecular weight excluding hydrogens is 230 g/mol. The van der Waals surface area contributed by atoms with Crippen LogP contribution in [0.3, 0.4) is 0 Å². The maximum atomic E-state index is 11.1. The van der Waals surface area contributed by atoms with Crippen molar-refractivity contribution in [3.63, 3.8) is 0 Å². The quantitative estimate of drug-likeness (QED) is 0.742. The van der Waals surface area contributed by atoms with Crippen molar-refractivity contribution in [2.45, 2.75) is 25.9 Å². The Labute approximate surface area is 94.7 Å². The molecule has 0 bridgehead atoms. The van der Waals surface area contributed by atoms with E-state index in [9.17, 15) is 13.2 Å². The van der Waals surface area contributed by atoms with Gasteiger partial charge in [-0.1, -0.05) is 0 Å². The molecule has 1 aromatic heterocycles. The second-order valence-electron chi connectivity index (χ2n) is 4.32. The number of nitrogens with one attached hydrogen (secondary N) is 1. The topological polar surface area (TPSA) is 81.1 Å². The number of sulfonamides is 1. The molecule has 0 unspecified atom stereocenters. The van der Waals surface area contributed by atoms with E-state index in [0.717, 1.165) is 6.26 Å². The van der Waals surface area contributed by atoms with Gasteiger partial charge in [0.15, 0.2) is 6.29 Å². The molecule has 1 aromatic rings. The van der Waals surface area contributed by atoms with Gasteiger partial charge in [0.2, 0.25) is 10.0 Å². The highest BCUT2D eigenvalue weighted by molar-refractivity contribution is 7.88. The number of carbonyl (C=O) groups is 1. The predicted octanol–water partition coefficient (Wildman–Crippen LogP) is 0.0234. The summed E-state index contributed by atoms with van der Waals surface area (Å²) >= 11 is 0. The molecule has 0 saturated carbocycles. The van der Waals surface area contributed by atoms with Crippen LogP contribution in [-0.2, 0) is 16.6 Å². The Morgan fingerprint density at radius 2 is 2.19 bits per heavy atom. The van der Waals surface area contributed by atoms with Crippen molar-refractivity contribution in [1.82, 2.24) is 14.3 Å². The largest absolute Gasteiger partial charge is 0.327 e. The number of aldehydes is 1. The lowest BCUT2D eigenvalue weighted by Crippen LogP contribution is -2.46. The first-order chi connectivity index (χ1) is 7.23. The Hall–Kier alpha value is -1.21. The molecule has 16 heavy (non-hydrogen) atoms. The fraction of sp³-hybridized carbons (Fsp3) is 0.556. The Kier molecular flexibility index (Phi) is 3.49. The van der Waals surface area contributed by atoms with Gasteiger partial charge in [0.25, 0.3) is 0 Å². The molecule has 0 fully saturated rings. The van der Waals surface area contributed by atoms with Gasteiger partial charge in [0, 0.05) is 12.1 Å². The molecule has 0 aliphatic heterocycles. The normalized spacial score (nSPS) is 12.7. The second-order valence-corrected chi connectivity index (χ2v) is 6.07.